The molecule has 0 saturated heterocycles. The predicted octanol–water partition coefficient (Wildman–Crippen LogP) is 2.55. The minimum atomic E-state index is -1.73. The molecule has 0 aliphatic rings. The molecule has 0 amide bonds. The van der Waals surface area contributed by atoms with Gasteiger partial charge < -0.3 is 18.2 Å². The average Bonchev–Trinajstić information content (AvgIpc) is 2.31. The third-order valence-electron chi connectivity index (χ3n) is 2.12. The van der Waals surface area contributed by atoms with Crippen molar-refractivity contribution in [2.45, 2.75) is 47.5 Å². The van der Waals surface area contributed by atoms with Crippen LogP contribution in [0.1, 0.15) is 47.5 Å². The first kappa shape index (κ1) is 20.4. The van der Waals surface area contributed by atoms with Crippen LogP contribution in [0.5, 0.6) is 0 Å². The Hall–Kier alpha value is 0.0569. The van der Waals surface area contributed by atoms with E-state index in [2.05, 4.69) is 25.8 Å². The monoisotopic (exact) mass is 279 g/mol. The van der Waals surface area contributed by atoms with Crippen molar-refractivity contribution in [2.75, 3.05) is 40.0 Å². The van der Waals surface area contributed by atoms with Crippen molar-refractivity contribution in [2.24, 2.45) is 0 Å². The highest BCUT2D eigenvalue weighted by molar-refractivity contribution is 6.36. The lowest BCUT2D eigenvalue weighted by molar-refractivity contribution is 0.107. The fourth-order valence-corrected chi connectivity index (χ4v) is 2.53. The lowest BCUT2D eigenvalue weighted by atomic mass is 10.4. The van der Waals surface area contributed by atoms with E-state index < -0.39 is 9.53 Å². The Kier molecular flexibility index (Phi) is 19.3. The van der Waals surface area contributed by atoms with E-state index in [0.717, 1.165) is 0 Å². The van der Waals surface area contributed by atoms with Crippen LogP contribution in [0.15, 0.2) is 0 Å². The maximum atomic E-state index is 5.22. The first-order chi connectivity index (χ1) is 8.65. The highest BCUT2D eigenvalue weighted by atomic mass is 28.3. The third kappa shape index (κ3) is 16.1. The van der Waals surface area contributed by atoms with E-state index in [1.54, 1.807) is 0 Å². The van der Waals surface area contributed by atoms with E-state index in [1.807, 2.05) is 20.8 Å². The van der Waals surface area contributed by atoms with Crippen LogP contribution in [0.2, 0.25) is 0 Å². The molecular formula is C13H33NO3Si. The molecule has 0 fully saturated rings. The molecule has 0 N–H and O–H groups in total. The van der Waals surface area contributed by atoms with Gasteiger partial charge in [0.15, 0.2) is 0 Å². The van der Waals surface area contributed by atoms with Gasteiger partial charge in [-0.2, -0.15) is 0 Å². The molecule has 0 spiro atoms. The Labute approximate surface area is 116 Å². The molecule has 0 radical (unpaired) electrons. The Bertz CT molecular complexity index is 130. The molecule has 112 valence electrons. The van der Waals surface area contributed by atoms with E-state index >= 15 is 0 Å². The van der Waals surface area contributed by atoms with Crippen LogP contribution in [-0.4, -0.2) is 54.4 Å². The highest BCUT2D eigenvalue weighted by Gasteiger charge is 2.11. The molecule has 0 aromatic heterocycles. The van der Waals surface area contributed by atoms with Crippen LogP contribution < -0.4 is 0 Å². The molecule has 0 aliphatic carbocycles. The molecule has 0 rings (SSSR count). The van der Waals surface area contributed by atoms with E-state index in [4.69, 9.17) is 13.3 Å². The van der Waals surface area contributed by atoms with Gasteiger partial charge in [-0.15, -0.1) is 0 Å². The zero-order chi connectivity index (χ0) is 14.2. The summed E-state index contributed by atoms with van der Waals surface area (Å²) in [5.41, 5.74) is 0. The topological polar surface area (TPSA) is 30.9 Å². The summed E-state index contributed by atoms with van der Waals surface area (Å²) < 4.78 is 15.7. The Morgan fingerprint density at radius 3 is 1.28 bits per heavy atom. The van der Waals surface area contributed by atoms with Crippen molar-refractivity contribution in [1.82, 2.24) is 4.90 Å². The van der Waals surface area contributed by atoms with Gasteiger partial charge >= 0.3 is 9.53 Å². The van der Waals surface area contributed by atoms with E-state index in [0.29, 0.717) is 19.8 Å². The molecule has 0 aromatic carbocycles. The summed E-state index contributed by atoms with van der Waals surface area (Å²) in [5.74, 6) is 0. The standard InChI is InChI=1S/C7H17N.C6H16O3Si/c1-4-6-8(3)7-5-2;1-4-7-10(8-5-2)9-6-3/h4-7H2,1-3H3;10H,4-6H2,1-3H3. The van der Waals surface area contributed by atoms with Crippen molar-refractivity contribution in [3.8, 4) is 0 Å². The maximum Gasteiger partial charge on any atom is 0.484 e. The number of hydrogen-bond donors (Lipinski definition) is 0. The number of rotatable bonds is 10. The van der Waals surface area contributed by atoms with E-state index in [1.165, 1.54) is 25.9 Å². The van der Waals surface area contributed by atoms with Crippen molar-refractivity contribution in [3.63, 3.8) is 0 Å². The zero-order valence-electron chi connectivity index (χ0n) is 13.2. The summed E-state index contributed by atoms with van der Waals surface area (Å²) in [4.78, 5) is 2.36. The van der Waals surface area contributed by atoms with Crippen LogP contribution in [0, 0.1) is 0 Å². The van der Waals surface area contributed by atoms with Crippen molar-refractivity contribution >= 4 is 9.53 Å². The molecule has 0 aromatic rings. The highest BCUT2D eigenvalue weighted by Crippen LogP contribution is 1.91. The second-order valence-corrected chi connectivity index (χ2v) is 5.54. The molecular weight excluding hydrogens is 246 g/mol. The van der Waals surface area contributed by atoms with Gasteiger partial charge in [-0.3, -0.25) is 0 Å². The summed E-state index contributed by atoms with van der Waals surface area (Å²) in [6, 6.07) is 0. The van der Waals surface area contributed by atoms with Gasteiger partial charge in [0.05, 0.1) is 0 Å². The molecule has 18 heavy (non-hydrogen) atoms. The lowest BCUT2D eigenvalue weighted by Gasteiger charge is -2.12. The van der Waals surface area contributed by atoms with Crippen LogP contribution in [0.4, 0.5) is 0 Å². The third-order valence-corrected chi connectivity index (χ3v) is 3.94. The van der Waals surface area contributed by atoms with E-state index in [9.17, 15) is 0 Å². The largest absolute Gasteiger partial charge is 0.484 e. The fraction of sp³-hybridized carbons (Fsp3) is 1.00. The zero-order valence-corrected chi connectivity index (χ0v) is 14.4. The summed E-state index contributed by atoms with van der Waals surface area (Å²) >= 11 is 0. The number of nitrogens with zero attached hydrogens (tertiary/aromatic N) is 1. The van der Waals surface area contributed by atoms with Crippen molar-refractivity contribution < 1.29 is 13.3 Å². The second-order valence-electron chi connectivity index (χ2n) is 3.96. The van der Waals surface area contributed by atoms with Gasteiger partial charge in [0.1, 0.15) is 0 Å². The predicted molar refractivity (Wildman–Crippen MR) is 80.1 cm³/mol. The van der Waals surface area contributed by atoms with Crippen molar-refractivity contribution in [3.05, 3.63) is 0 Å². The minimum absolute atomic E-state index is 0.677. The second kappa shape index (κ2) is 17.1. The fourth-order valence-electron chi connectivity index (χ4n) is 1.43. The molecule has 4 nitrogen and oxygen atoms in total. The Balaban J connectivity index is 0. The van der Waals surface area contributed by atoms with Gasteiger partial charge in [0, 0.05) is 19.8 Å². The van der Waals surface area contributed by atoms with Gasteiger partial charge in [-0.25, -0.2) is 0 Å². The minimum Gasteiger partial charge on any atom is -0.376 e. The number of hydrogen-bond acceptors (Lipinski definition) is 4. The summed E-state index contributed by atoms with van der Waals surface area (Å²) in [6.45, 7) is 14.8. The quantitative estimate of drug-likeness (QED) is 0.575. The summed E-state index contributed by atoms with van der Waals surface area (Å²) in [5, 5.41) is 0. The molecule has 0 unspecified atom stereocenters. The van der Waals surface area contributed by atoms with E-state index in [-0.39, 0.29) is 0 Å². The molecule has 0 bridgehead atoms. The maximum absolute atomic E-state index is 5.22. The van der Waals surface area contributed by atoms with Gasteiger partial charge in [0.2, 0.25) is 0 Å². The van der Waals surface area contributed by atoms with Gasteiger partial charge in [-0.1, -0.05) is 13.8 Å². The summed E-state index contributed by atoms with van der Waals surface area (Å²) in [7, 11) is 0.440. The molecule has 0 aliphatic heterocycles. The van der Waals surface area contributed by atoms with Crippen LogP contribution in [0.25, 0.3) is 0 Å². The SMILES string of the molecule is CCCN(C)CCC.CCO[SiH](OCC)OCC. The van der Waals surface area contributed by atoms with Crippen molar-refractivity contribution in [1.29, 1.82) is 0 Å². The van der Waals surface area contributed by atoms with Crippen LogP contribution >= 0.6 is 0 Å². The Morgan fingerprint density at radius 2 is 1.06 bits per heavy atom. The average molecular weight is 279 g/mol. The van der Waals surface area contributed by atoms with Gasteiger partial charge in [-0.05, 0) is 53.8 Å². The first-order valence-corrected chi connectivity index (χ1v) is 8.60. The molecule has 5 heteroatoms. The van der Waals surface area contributed by atoms with Crippen LogP contribution in [0.3, 0.4) is 0 Å². The van der Waals surface area contributed by atoms with Crippen LogP contribution in [-0.2, 0) is 13.3 Å². The smallest absolute Gasteiger partial charge is 0.376 e. The Morgan fingerprint density at radius 1 is 0.722 bits per heavy atom. The molecule has 0 atom stereocenters. The molecule has 0 heterocycles. The normalized spacial score (nSPS) is 10.7. The lowest BCUT2D eigenvalue weighted by Crippen LogP contribution is -2.27. The van der Waals surface area contributed by atoms with Gasteiger partial charge in [0.25, 0.3) is 0 Å². The first-order valence-electron chi connectivity index (χ1n) is 7.19. The molecule has 0 saturated carbocycles. The summed E-state index contributed by atoms with van der Waals surface area (Å²) in [6.07, 6.45) is 2.55.